The lowest BCUT2D eigenvalue weighted by molar-refractivity contribution is -0.128. The molecule has 1 aromatic carbocycles. The third-order valence-corrected chi connectivity index (χ3v) is 7.03. The van der Waals surface area contributed by atoms with Gasteiger partial charge >= 0.3 is 0 Å². The number of rotatable bonds is 2. The molecule has 4 heterocycles. The van der Waals surface area contributed by atoms with Crippen LogP contribution < -0.4 is 4.90 Å². The average molecular weight is 436 g/mol. The van der Waals surface area contributed by atoms with Crippen LogP contribution >= 0.6 is 11.6 Å². The van der Waals surface area contributed by atoms with E-state index < -0.39 is 5.54 Å². The first-order valence-electron chi connectivity index (χ1n) is 10.8. The molecule has 3 aromatic rings. The molecular formula is C24H26ClN5O. The van der Waals surface area contributed by atoms with Gasteiger partial charge in [0.15, 0.2) is 5.78 Å². The zero-order chi connectivity index (χ0) is 21.8. The normalized spacial score (nSPS) is 21.0. The van der Waals surface area contributed by atoms with E-state index in [0.717, 1.165) is 52.9 Å². The molecule has 2 aliphatic heterocycles. The number of halogens is 1. The van der Waals surface area contributed by atoms with Crippen LogP contribution in [0.5, 0.6) is 0 Å². The molecule has 6 nitrogen and oxygen atoms in total. The van der Waals surface area contributed by atoms with Gasteiger partial charge in [-0.1, -0.05) is 24.6 Å². The molecule has 31 heavy (non-hydrogen) atoms. The second kappa shape index (κ2) is 7.45. The molecule has 0 bridgehead atoms. The summed E-state index contributed by atoms with van der Waals surface area (Å²) in [4.78, 5) is 24.5. The fraction of sp³-hybridized carbons (Fsp3) is 0.417. The number of carbonyl (C=O) groups excluding carboxylic acids is 1. The number of aromatic nitrogens is 3. The SMILES string of the molecule is CC1=NC2(CCN(c3c(Cl)cncc3-c3ccc4c(cnn4C)c3)CC2)C(=O)C(C)C1. The van der Waals surface area contributed by atoms with Gasteiger partial charge < -0.3 is 4.90 Å². The summed E-state index contributed by atoms with van der Waals surface area (Å²) in [6.07, 6.45) is 7.65. The van der Waals surface area contributed by atoms with Gasteiger partial charge in [-0.05, 0) is 43.9 Å². The zero-order valence-corrected chi connectivity index (χ0v) is 18.9. The number of nitrogens with zero attached hydrogens (tertiary/aromatic N) is 5. The fourth-order valence-corrected chi connectivity index (χ4v) is 5.49. The summed E-state index contributed by atoms with van der Waals surface area (Å²) in [5.74, 6) is 0.344. The quantitative estimate of drug-likeness (QED) is 0.585. The molecule has 0 amide bonds. The number of benzene rings is 1. The molecular weight excluding hydrogens is 410 g/mol. The third-order valence-electron chi connectivity index (χ3n) is 6.75. The largest absolute Gasteiger partial charge is 0.370 e. The molecule has 1 unspecified atom stereocenters. The number of hydrogen-bond acceptors (Lipinski definition) is 5. The lowest BCUT2D eigenvalue weighted by Crippen LogP contribution is -2.52. The van der Waals surface area contributed by atoms with Crippen molar-refractivity contribution < 1.29 is 4.79 Å². The third kappa shape index (κ3) is 3.33. The van der Waals surface area contributed by atoms with Crippen molar-refractivity contribution in [3.05, 3.63) is 41.8 Å². The molecule has 2 aromatic heterocycles. The van der Waals surface area contributed by atoms with Gasteiger partial charge in [0, 0.05) is 55.1 Å². The van der Waals surface area contributed by atoms with Crippen LogP contribution in [0.1, 0.15) is 33.1 Å². The van der Waals surface area contributed by atoms with Crippen molar-refractivity contribution in [3.8, 4) is 11.1 Å². The number of anilines is 1. The minimum Gasteiger partial charge on any atom is -0.370 e. The van der Waals surface area contributed by atoms with Crippen LogP contribution in [0.25, 0.3) is 22.0 Å². The highest BCUT2D eigenvalue weighted by Crippen LogP contribution is 2.41. The molecule has 5 rings (SSSR count). The minimum atomic E-state index is -0.563. The fourth-order valence-electron chi connectivity index (χ4n) is 5.21. The van der Waals surface area contributed by atoms with Crippen LogP contribution in [0.15, 0.2) is 41.8 Å². The van der Waals surface area contributed by atoms with Gasteiger partial charge in [-0.3, -0.25) is 19.5 Å². The Morgan fingerprint density at radius 2 is 1.94 bits per heavy atom. The number of carbonyl (C=O) groups is 1. The van der Waals surface area contributed by atoms with Crippen LogP contribution in [-0.4, -0.2) is 44.9 Å². The predicted molar refractivity (Wildman–Crippen MR) is 125 cm³/mol. The smallest absolute Gasteiger partial charge is 0.163 e. The van der Waals surface area contributed by atoms with Crippen LogP contribution in [0.3, 0.4) is 0 Å². The second-order valence-corrected chi connectivity index (χ2v) is 9.30. The number of fused-ring (bicyclic) bond motifs is 1. The summed E-state index contributed by atoms with van der Waals surface area (Å²) in [5, 5.41) is 6.05. The first-order chi connectivity index (χ1) is 14.9. The van der Waals surface area contributed by atoms with Gasteiger partial charge in [-0.15, -0.1) is 0 Å². The Labute approximate surface area is 186 Å². The topological polar surface area (TPSA) is 63.4 Å². The first kappa shape index (κ1) is 20.2. The molecule has 2 aliphatic rings. The number of ketones is 1. The monoisotopic (exact) mass is 435 g/mol. The van der Waals surface area contributed by atoms with Crippen molar-refractivity contribution in [1.82, 2.24) is 14.8 Å². The van der Waals surface area contributed by atoms with Gasteiger partial charge in [0.2, 0.25) is 0 Å². The highest BCUT2D eigenvalue weighted by atomic mass is 35.5. The standard InChI is InChI=1S/C24H26ClN5O/c1-15-10-16(2)28-24(23(15)31)6-8-30(9-7-24)22-19(13-26-14-20(22)25)17-4-5-21-18(11-17)12-27-29(21)3/h4-5,11-15H,6-10H2,1-3H3. The van der Waals surface area contributed by atoms with Crippen molar-refractivity contribution >= 4 is 39.7 Å². The highest BCUT2D eigenvalue weighted by molar-refractivity contribution is 6.34. The molecule has 1 fully saturated rings. The van der Waals surface area contributed by atoms with Crippen LogP contribution in [0.4, 0.5) is 5.69 Å². The summed E-state index contributed by atoms with van der Waals surface area (Å²) < 4.78 is 1.87. The molecule has 1 saturated heterocycles. The van der Waals surface area contributed by atoms with Crippen molar-refractivity contribution in [3.63, 3.8) is 0 Å². The molecule has 7 heteroatoms. The number of aliphatic imine (C=N–C) groups is 1. The Balaban J connectivity index is 1.49. The average Bonchev–Trinajstić information content (AvgIpc) is 3.13. The first-order valence-corrected chi connectivity index (χ1v) is 11.2. The van der Waals surface area contributed by atoms with Crippen LogP contribution in [0.2, 0.25) is 5.02 Å². The number of piperidine rings is 1. The molecule has 1 spiro atoms. The summed E-state index contributed by atoms with van der Waals surface area (Å²) in [6, 6.07) is 6.30. The number of hydrogen-bond donors (Lipinski definition) is 0. The van der Waals surface area contributed by atoms with E-state index in [9.17, 15) is 4.79 Å². The number of aryl methyl sites for hydroxylation is 1. The van der Waals surface area contributed by atoms with Crippen molar-refractivity contribution in [1.29, 1.82) is 0 Å². The molecule has 160 valence electrons. The van der Waals surface area contributed by atoms with E-state index >= 15 is 0 Å². The van der Waals surface area contributed by atoms with E-state index in [1.165, 1.54) is 0 Å². The minimum absolute atomic E-state index is 0.0512. The molecule has 0 radical (unpaired) electrons. The van der Waals surface area contributed by atoms with Crippen molar-refractivity contribution in [2.75, 3.05) is 18.0 Å². The van der Waals surface area contributed by atoms with Crippen LogP contribution in [-0.2, 0) is 11.8 Å². The predicted octanol–water partition coefficient (Wildman–Crippen LogP) is 4.70. The Hall–Kier alpha value is -2.73. The van der Waals surface area contributed by atoms with Gasteiger partial charge in [-0.2, -0.15) is 5.10 Å². The second-order valence-electron chi connectivity index (χ2n) is 8.89. The summed E-state index contributed by atoms with van der Waals surface area (Å²) in [5.41, 5.74) is 4.64. The van der Waals surface area contributed by atoms with E-state index in [1.807, 2.05) is 38.0 Å². The van der Waals surface area contributed by atoms with Crippen molar-refractivity contribution in [2.24, 2.45) is 18.0 Å². The van der Waals surface area contributed by atoms with Gasteiger partial charge in [0.25, 0.3) is 0 Å². The molecule has 1 atom stereocenters. The summed E-state index contributed by atoms with van der Waals surface area (Å²) in [6.45, 7) is 5.55. The van der Waals surface area contributed by atoms with Gasteiger partial charge in [-0.25, -0.2) is 0 Å². The number of pyridine rings is 1. The van der Waals surface area contributed by atoms with E-state index in [0.29, 0.717) is 23.6 Å². The number of Topliss-reactive ketones (excluding diaryl/α,β-unsaturated/α-hetero) is 1. The maximum atomic E-state index is 13.0. The Bertz CT molecular complexity index is 1210. The molecule has 0 saturated carbocycles. The summed E-state index contributed by atoms with van der Waals surface area (Å²) >= 11 is 6.67. The zero-order valence-electron chi connectivity index (χ0n) is 18.1. The molecule has 0 N–H and O–H groups in total. The maximum Gasteiger partial charge on any atom is 0.163 e. The Kier molecular flexibility index (Phi) is 4.85. The van der Waals surface area contributed by atoms with Crippen LogP contribution in [0, 0.1) is 5.92 Å². The Morgan fingerprint density at radius 3 is 2.71 bits per heavy atom. The lowest BCUT2D eigenvalue weighted by atomic mass is 9.75. The summed E-state index contributed by atoms with van der Waals surface area (Å²) in [7, 11) is 1.94. The van der Waals surface area contributed by atoms with E-state index in [4.69, 9.17) is 16.6 Å². The van der Waals surface area contributed by atoms with Gasteiger partial charge in [0.1, 0.15) is 5.54 Å². The Morgan fingerprint density at radius 1 is 1.16 bits per heavy atom. The van der Waals surface area contributed by atoms with E-state index in [2.05, 4.69) is 33.2 Å². The van der Waals surface area contributed by atoms with Gasteiger partial charge in [0.05, 0.1) is 22.4 Å². The van der Waals surface area contributed by atoms with E-state index in [1.54, 1.807) is 6.20 Å². The lowest BCUT2D eigenvalue weighted by Gasteiger charge is -2.43. The highest BCUT2D eigenvalue weighted by Gasteiger charge is 2.45. The van der Waals surface area contributed by atoms with E-state index in [-0.39, 0.29) is 5.92 Å². The molecule has 0 aliphatic carbocycles. The van der Waals surface area contributed by atoms with Crippen molar-refractivity contribution in [2.45, 2.75) is 38.6 Å². The maximum absolute atomic E-state index is 13.0.